The van der Waals surface area contributed by atoms with Crippen LogP contribution in [0.3, 0.4) is 0 Å². The summed E-state index contributed by atoms with van der Waals surface area (Å²) in [6, 6.07) is 10.7. The molecule has 0 spiro atoms. The normalized spacial score (nSPS) is 16.4. The van der Waals surface area contributed by atoms with E-state index in [1.807, 2.05) is 32.0 Å². The van der Waals surface area contributed by atoms with Crippen molar-refractivity contribution in [2.24, 2.45) is 5.10 Å². The van der Waals surface area contributed by atoms with E-state index in [0.717, 1.165) is 11.3 Å². The third-order valence-electron chi connectivity index (χ3n) is 4.48. The maximum atomic E-state index is 13.0. The number of furan rings is 1. The van der Waals surface area contributed by atoms with Crippen molar-refractivity contribution in [1.82, 2.24) is 15.2 Å². The fourth-order valence-electron chi connectivity index (χ4n) is 3.23. The monoisotopic (exact) mass is 416 g/mol. The summed E-state index contributed by atoms with van der Waals surface area (Å²) < 4.78 is 5.55. The Bertz CT molecular complexity index is 878. The lowest BCUT2D eigenvalue weighted by molar-refractivity contribution is -0.134. The number of hydrazone groups is 1. The second kappa shape index (κ2) is 9.24. The molecule has 7 nitrogen and oxygen atoms in total. The maximum Gasteiger partial charge on any atom is 0.257 e. The van der Waals surface area contributed by atoms with Crippen LogP contribution in [-0.2, 0) is 9.59 Å². The van der Waals surface area contributed by atoms with Crippen LogP contribution in [0, 0.1) is 0 Å². The van der Waals surface area contributed by atoms with E-state index in [4.69, 9.17) is 16.0 Å². The first-order valence-electron chi connectivity index (χ1n) is 9.50. The fourth-order valence-corrected chi connectivity index (χ4v) is 3.36. The van der Waals surface area contributed by atoms with E-state index in [1.165, 1.54) is 5.01 Å². The molecular weight excluding hydrogens is 392 g/mol. The standard InChI is InChI=1S/C21H25ClN4O3/c1-14(2)23-20(27)12-25(3)13-21(28)26-18(19-5-4-10-29-19)11-17(24-26)15-6-8-16(22)9-7-15/h4-10,14,18H,11-13H2,1-3H3,(H,23,27). The number of nitrogens with zero attached hydrogens (tertiary/aromatic N) is 3. The van der Waals surface area contributed by atoms with E-state index < -0.39 is 0 Å². The molecule has 2 heterocycles. The molecule has 29 heavy (non-hydrogen) atoms. The average Bonchev–Trinajstić information content (AvgIpc) is 3.31. The minimum atomic E-state index is -0.318. The van der Waals surface area contributed by atoms with Gasteiger partial charge in [-0.25, -0.2) is 5.01 Å². The van der Waals surface area contributed by atoms with Gasteiger partial charge in [-0.05, 0) is 50.7 Å². The van der Waals surface area contributed by atoms with Crippen LogP contribution in [-0.4, -0.2) is 53.6 Å². The van der Waals surface area contributed by atoms with Crippen molar-refractivity contribution in [2.75, 3.05) is 20.1 Å². The topological polar surface area (TPSA) is 78.2 Å². The Kier molecular flexibility index (Phi) is 6.71. The van der Waals surface area contributed by atoms with Gasteiger partial charge in [-0.1, -0.05) is 23.7 Å². The van der Waals surface area contributed by atoms with Gasteiger partial charge in [-0.2, -0.15) is 5.10 Å². The molecule has 0 fully saturated rings. The Balaban J connectivity index is 1.74. The van der Waals surface area contributed by atoms with Gasteiger partial charge in [0.25, 0.3) is 5.91 Å². The molecule has 1 unspecified atom stereocenters. The fraction of sp³-hybridized carbons (Fsp3) is 0.381. The van der Waals surface area contributed by atoms with Crippen LogP contribution in [0.5, 0.6) is 0 Å². The highest BCUT2D eigenvalue weighted by Gasteiger charge is 2.35. The lowest BCUT2D eigenvalue weighted by Crippen LogP contribution is -2.42. The number of carbonyl (C=O) groups excluding carboxylic acids is 2. The Morgan fingerprint density at radius 1 is 1.28 bits per heavy atom. The van der Waals surface area contributed by atoms with Gasteiger partial charge in [0.2, 0.25) is 5.91 Å². The van der Waals surface area contributed by atoms with Crippen molar-refractivity contribution in [3.8, 4) is 0 Å². The number of rotatable bonds is 7. The van der Waals surface area contributed by atoms with Crippen LogP contribution in [0.1, 0.15) is 37.6 Å². The van der Waals surface area contributed by atoms with Crippen LogP contribution in [0.15, 0.2) is 52.2 Å². The van der Waals surface area contributed by atoms with Gasteiger partial charge in [-0.3, -0.25) is 14.5 Å². The third kappa shape index (κ3) is 5.46. The Morgan fingerprint density at radius 2 is 2.00 bits per heavy atom. The molecule has 1 aliphatic rings. The number of benzene rings is 1. The van der Waals surface area contributed by atoms with Gasteiger partial charge in [0.05, 0.1) is 25.1 Å². The van der Waals surface area contributed by atoms with Crippen molar-refractivity contribution < 1.29 is 14.0 Å². The quantitative estimate of drug-likeness (QED) is 0.752. The van der Waals surface area contributed by atoms with Gasteiger partial charge in [0.15, 0.2) is 0 Å². The molecular formula is C21H25ClN4O3. The summed E-state index contributed by atoms with van der Waals surface area (Å²) in [6.45, 7) is 4.00. The zero-order chi connectivity index (χ0) is 21.0. The predicted octanol–water partition coefficient (Wildman–Crippen LogP) is 3.07. The predicted molar refractivity (Wildman–Crippen MR) is 112 cm³/mol. The summed E-state index contributed by atoms with van der Waals surface area (Å²) in [5, 5.41) is 9.50. The molecule has 1 N–H and O–H groups in total. The number of carbonyl (C=O) groups is 2. The molecule has 1 atom stereocenters. The number of nitrogens with one attached hydrogen (secondary N) is 1. The molecule has 8 heteroatoms. The van der Waals surface area contributed by atoms with Gasteiger partial charge < -0.3 is 9.73 Å². The zero-order valence-corrected chi connectivity index (χ0v) is 17.5. The van der Waals surface area contributed by atoms with E-state index in [9.17, 15) is 9.59 Å². The van der Waals surface area contributed by atoms with E-state index in [0.29, 0.717) is 17.2 Å². The summed E-state index contributed by atoms with van der Waals surface area (Å²) >= 11 is 5.98. The third-order valence-corrected chi connectivity index (χ3v) is 4.74. The van der Waals surface area contributed by atoms with Gasteiger partial charge in [0.1, 0.15) is 11.8 Å². The van der Waals surface area contributed by atoms with E-state index in [2.05, 4.69) is 10.4 Å². The maximum absolute atomic E-state index is 13.0. The van der Waals surface area contributed by atoms with Crippen molar-refractivity contribution >= 4 is 29.1 Å². The summed E-state index contributed by atoms with van der Waals surface area (Å²) in [5.41, 5.74) is 1.70. The number of amides is 2. The number of hydrogen-bond acceptors (Lipinski definition) is 5. The Hall–Kier alpha value is -2.64. The zero-order valence-electron chi connectivity index (χ0n) is 16.8. The molecule has 1 aliphatic heterocycles. The number of likely N-dealkylation sites (N-methyl/N-ethyl adjacent to an activating group) is 1. The number of halogens is 1. The van der Waals surface area contributed by atoms with Gasteiger partial charge in [-0.15, -0.1) is 0 Å². The minimum absolute atomic E-state index is 0.0556. The smallest absolute Gasteiger partial charge is 0.257 e. The molecule has 2 amide bonds. The Morgan fingerprint density at radius 3 is 2.62 bits per heavy atom. The summed E-state index contributed by atoms with van der Waals surface area (Å²) in [6.07, 6.45) is 2.12. The first kappa shape index (κ1) is 21.1. The number of hydrogen-bond donors (Lipinski definition) is 1. The highest BCUT2D eigenvalue weighted by molar-refractivity contribution is 6.30. The largest absolute Gasteiger partial charge is 0.467 e. The van der Waals surface area contributed by atoms with Gasteiger partial charge in [0, 0.05) is 17.5 Å². The minimum Gasteiger partial charge on any atom is -0.467 e. The second-order valence-corrected chi connectivity index (χ2v) is 7.86. The first-order valence-corrected chi connectivity index (χ1v) is 9.88. The van der Waals surface area contributed by atoms with Crippen molar-refractivity contribution in [2.45, 2.75) is 32.4 Å². The molecule has 3 rings (SSSR count). The summed E-state index contributed by atoms with van der Waals surface area (Å²) in [7, 11) is 1.74. The molecule has 1 aromatic carbocycles. The van der Waals surface area contributed by atoms with Crippen molar-refractivity contribution in [1.29, 1.82) is 0 Å². The molecule has 0 bridgehead atoms. The first-order chi connectivity index (χ1) is 13.8. The van der Waals surface area contributed by atoms with Gasteiger partial charge >= 0.3 is 0 Å². The molecule has 154 valence electrons. The SMILES string of the molecule is CC(C)NC(=O)CN(C)CC(=O)N1N=C(c2ccc(Cl)cc2)CC1c1ccco1. The summed E-state index contributed by atoms with van der Waals surface area (Å²) in [4.78, 5) is 26.6. The highest BCUT2D eigenvalue weighted by atomic mass is 35.5. The lowest BCUT2D eigenvalue weighted by atomic mass is 10.0. The second-order valence-electron chi connectivity index (χ2n) is 7.42. The molecule has 0 radical (unpaired) electrons. The van der Waals surface area contributed by atoms with E-state index in [1.54, 1.807) is 36.4 Å². The molecule has 0 saturated heterocycles. The molecule has 0 aliphatic carbocycles. The van der Waals surface area contributed by atoms with Crippen LogP contribution in [0.4, 0.5) is 0 Å². The van der Waals surface area contributed by atoms with E-state index in [-0.39, 0.29) is 37.0 Å². The van der Waals surface area contributed by atoms with Crippen LogP contribution in [0.25, 0.3) is 0 Å². The molecule has 2 aromatic rings. The average molecular weight is 417 g/mol. The van der Waals surface area contributed by atoms with Crippen molar-refractivity contribution in [3.05, 3.63) is 59.0 Å². The summed E-state index contributed by atoms with van der Waals surface area (Å²) in [5.74, 6) is 0.353. The Labute approximate surface area is 175 Å². The van der Waals surface area contributed by atoms with Crippen LogP contribution in [0.2, 0.25) is 5.02 Å². The van der Waals surface area contributed by atoms with Crippen LogP contribution < -0.4 is 5.32 Å². The molecule has 1 aromatic heterocycles. The van der Waals surface area contributed by atoms with Crippen LogP contribution >= 0.6 is 11.6 Å². The molecule has 0 saturated carbocycles. The van der Waals surface area contributed by atoms with E-state index >= 15 is 0 Å². The lowest BCUT2D eigenvalue weighted by Gasteiger charge is -2.23. The van der Waals surface area contributed by atoms with Crippen molar-refractivity contribution in [3.63, 3.8) is 0 Å². The highest BCUT2D eigenvalue weighted by Crippen LogP contribution is 2.33.